The molecule has 4 rings (SSSR count). The zero-order chi connectivity index (χ0) is 22.1. The van der Waals surface area contributed by atoms with Gasteiger partial charge >= 0.3 is 5.97 Å². The summed E-state index contributed by atoms with van der Waals surface area (Å²) in [6, 6.07) is 0. The number of esters is 1. The molecule has 2 fully saturated rings. The highest BCUT2D eigenvalue weighted by atomic mass is 16.5. The average molecular weight is 413 g/mol. The minimum Gasteiger partial charge on any atom is -0.458 e. The number of carbonyl (C=O) groups excluding carboxylic acids is 3. The molecule has 0 aliphatic heterocycles. The van der Waals surface area contributed by atoms with Crippen LogP contribution in [0.5, 0.6) is 0 Å². The summed E-state index contributed by atoms with van der Waals surface area (Å²) in [5, 5.41) is 11.7. The molecule has 30 heavy (non-hydrogen) atoms. The summed E-state index contributed by atoms with van der Waals surface area (Å²) < 4.78 is 4.96. The average Bonchev–Trinajstić information content (AvgIpc) is 2.89. The van der Waals surface area contributed by atoms with Gasteiger partial charge in [0.25, 0.3) is 0 Å². The van der Waals surface area contributed by atoms with Crippen LogP contribution in [0.3, 0.4) is 0 Å². The van der Waals surface area contributed by atoms with Gasteiger partial charge in [0.15, 0.2) is 12.4 Å². The Bertz CT molecular complexity index is 910. The first-order chi connectivity index (χ1) is 13.9. The molecular weight excluding hydrogens is 380 g/mol. The zero-order valence-electron chi connectivity index (χ0n) is 18.5. The number of Topliss-reactive ketones (excluding diaryl/α,β-unsaturated/α-hetero) is 1. The Morgan fingerprint density at radius 3 is 2.57 bits per heavy atom. The number of ketones is 2. The summed E-state index contributed by atoms with van der Waals surface area (Å²) in [5.41, 5.74) is 0.0932. The van der Waals surface area contributed by atoms with E-state index in [-0.39, 0.29) is 41.5 Å². The molecule has 0 amide bonds. The van der Waals surface area contributed by atoms with Gasteiger partial charge in [-0.05, 0) is 67.6 Å². The van der Waals surface area contributed by atoms with Gasteiger partial charge in [0.05, 0.1) is 0 Å². The highest BCUT2D eigenvalue weighted by Gasteiger charge is 2.67. The van der Waals surface area contributed by atoms with Crippen LogP contribution in [0.25, 0.3) is 0 Å². The molecule has 4 aliphatic carbocycles. The fourth-order valence-electron chi connectivity index (χ4n) is 7.14. The predicted octanol–water partition coefficient (Wildman–Crippen LogP) is 3.57. The van der Waals surface area contributed by atoms with Crippen LogP contribution >= 0.6 is 0 Å². The van der Waals surface area contributed by atoms with Crippen molar-refractivity contribution < 1.29 is 24.2 Å². The molecule has 0 heterocycles. The molecule has 1 N–H and O–H groups in total. The molecule has 0 aromatic carbocycles. The van der Waals surface area contributed by atoms with Gasteiger partial charge in [-0.15, -0.1) is 0 Å². The van der Waals surface area contributed by atoms with Crippen LogP contribution in [-0.4, -0.2) is 34.9 Å². The molecule has 5 nitrogen and oxygen atoms in total. The lowest BCUT2D eigenvalue weighted by Crippen LogP contribution is -2.58. The van der Waals surface area contributed by atoms with Crippen molar-refractivity contribution in [3.8, 4) is 0 Å². The maximum absolute atomic E-state index is 13.1. The van der Waals surface area contributed by atoms with Crippen molar-refractivity contribution in [3.05, 3.63) is 35.5 Å². The van der Waals surface area contributed by atoms with Crippen molar-refractivity contribution >= 4 is 17.5 Å². The van der Waals surface area contributed by atoms with Crippen molar-refractivity contribution in [2.75, 3.05) is 6.61 Å². The molecule has 0 bridgehead atoms. The van der Waals surface area contributed by atoms with Gasteiger partial charge in [0.2, 0.25) is 5.78 Å². The zero-order valence-corrected chi connectivity index (χ0v) is 18.5. The summed E-state index contributed by atoms with van der Waals surface area (Å²) in [5.74, 6) is -0.416. The molecular formula is C25H32O5. The first kappa shape index (κ1) is 21.2. The number of rotatable bonds is 3. The molecule has 162 valence electrons. The molecule has 2 saturated carbocycles. The topological polar surface area (TPSA) is 80.7 Å². The van der Waals surface area contributed by atoms with Crippen LogP contribution < -0.4 is 0 Å². The van der Waals surface area contributed by atoms with E-state index in [2.05, 4.69) is 19.9 Å². The van der Waals surface area contributed by atoms with E-state index in [9.17, 15) is 19.5 Å². The van der Waals surface area contributed by atoms with E-state index in [0.717, 1.165) is 12.8 Å². The Morgan fingerprint density at radius 2 is 1.90 bits per heavy atom. The number of fused-ring (bicyclic) bond motifs is 5. The van der Waals surface area contributed by atoms with Crippen LogP contribution in [0.2, 0.25) is 0 Å². The van der Waals surface area contributed by atoms with Crippen molar-refractivity contribution in [1.29, 1.82) is 0 Å². The van der Waals surface area contributed by atoms with E-state index in [1.54, 1.807) is 12.2 Å². The second kappa shape index (κ2) is 6.74. The molecule has 5 heteroatoms. The molecule has 0 aromatic heterocycles. The van der Waals surface area contributed by atoms with Gasteiger partial charge in [-0.2, -0.15) is 0 Å². The third-order valence-electron chi connectivity index (χ3n) is 8.69. The van der Waals surface area contributed by atoms with Gasteiger partial charge in [-0.3, -0.25) is 14.4 Å². The number of carbonyl (C=O) groups is 3. The molecule has 0 radical (unpaired) electrons. The van der Waals surface area contributed by atoms with E-state index in [1.807, 2.05) is 19.9 Å². The van der Waals surface area contributed by atoms with E-state index in [0.29, 0.717) is 6.42 Å². The summed E-state index contributed by atoms with van der Waals surface area (Å²) in [4.78, 5) is 36.3. The second-order valence-electron chi connectivity index (χ2n) is 10.3. The molecule has 7 atom stereocenters. The maximum Gasteiger partial charge on any atom is 0.303 e. The summed E-state index contributed by atoms with van der Waals surface area (Å²) in [7, 11) is 0. The number of hydrogen-bond donors (Lipinski definition) is 1. The Morgan fingerprint density at radius 1 is 1.20 bits per heavy atom. The summed E-state index contributed by atoms with van der Waals surface area (Å²) in [6.07, 6.45) is 9.98. The minimum absolute atomic E-state index is 0.0500. The van der Waals surface area contributed by atoms with Crippen LogP contribution in [-0.2, 0) is 19.1 Å². The van der Waals surface area contributed by atoms with Gasteiger partial charge in [0.1, 0.15) is 5.60 Å². The summed E-state index contributed by atoms with van der Waals surface area (Å²) >= 11 is 0. The number of aliphatic hydroxyl groups is 1. The highest BCUT2D eigenvalue weighted by Crippen LogP contribution is 2.67. The first-order valence-corrected chi connectivity index (χ1v) is 11.0. The maximum atomic E-state index is 13.1. The fourth-order valence-corrected chi connectivity index (χ4v) is 7.14. The highest BCUT2D eigenvalue weighted by molar-refractivity contribution is 6.01. The predicted molar refractivity (Wildman–Crippen MR) is 112 cm³/mol. The second-order valence-corrected chi connectivity index (χ2v) is 10.3. The van der Waals surface area contributed by atoms with Crippen LogP contribution in [0, 0.1) is 34.5 Å². The van der Waals surface area contributed by atoms with E-state index in [4.69, 9.17) is 4.74 Å². The fraction of sp³-hybridized carbons (Fsp3) is 0.640. The van der Waals surface area contributed by atoms with Crippen LogP contribution in [0.15, 0.2) is 35.5 Å². The molecule has 0 spiro atoms. The third kappa shape index (κ3) is 2.67. The van der Waals surface area contributed by atoms with Crippen LogP contribution in [0.1, 0.15) is 53.9 Å². The lowest BCUT2D eigenvalue weighted by Gasteiger charge is -2.55. The lowest BCUT2D eigenvalue weighted by atomic mass is 9.49. The molecule has 0 aromatic rings. The minimum atomic E-state index is -1.52. The Hall–Kier alpha value is -2.01. The molecule has 0 saturated heterocycles. The Kier molecular flexibility index (Phi) is 4.77. The number of hydrogen-bond acceptors (Lipinski definition) is 5. The van der Waals surface area contributed by atoms with Gasteiger partial charge in [-0.1, -0.05) is 38.5 Å². The van der Waals surface area contributed by atoms with E-state index >= 15 is 0 Å². The molecule has 3 unspecified atom stereocenters. The Balaban J connectivity index is 1.74. The smallest absolute Gasteiger partial charge is 0.303 e. The largest absolute Gasteiger partial charge is 0.458 e. The van der Waals surface area contributed by atoms with Crippen molar-refractivity contribution in [2.24, 2.45) is 34.5 Å². The molecule has 4 aliphatic rings. The quantitative estimate of drug-likeness (QED) is 0.566. The van der Waals surface area contributed by atoms with Gasteiger partial charge < -0.3 is 9.84 Å². The van der Waals surface area contributed by atoms with E-state index < -0.39 is 22.8 Å². The van der Waals surface area contributed by atoms with E-state index in [1.165, 1.54) is 18.1 Å². The third-order valence-corrected chi connectivity index (χ3v) is 8.69. The monoisotopic (exact) mass is 412 g/mol. The van der Waals surface area contributed by atoms with Crippen molar-refractivity contribution in [2.45, 2.75) is 59.5 Å². The van der Waals surface area contributed by atoms with Crippen molar-refractivity contribution in [1.82, 2.24) is 0 Å². The van der Waals surface area contributed by atoms with Crippen LogP contribution in [0.4, 0.5) is 0 Å². The first-order valence-electron chi connectivity index (χ1n) is 11.0. The van der Waals surface area contributed by atoms with Crippen molar-refractivity contribution in [3.63, 3.8) is 0 Å². The normalized spacial score (nSPS) is 44.4. The SMILES string of the molecule is CC(=O)OCC(=O)[C@@]1(O)[C@H](C)CC2C3CC(C)C4=CC(=O)C=C[C@]4(C)C3=CC[C@@]21C. The van der Waals surface area contributed by atoms with Gasteiger partial charge in [-0.25, -0.2) is 0 Å². The lowest BCUT2D eigenvalue weighted by molar-refractivity contribution is -0.167. The van der Waals surface area contributed by atoms with Gasteiger partial charge in [0, 0.05) is 17.8 Å². The summed E-state index contributed by atoms with van der Waals surface area (Å²) in [6.45, 7) is 9.22. The number of ether oxygens (including phenoxy) is 1. The Labute approximate surface area is 178 Å². The standard InChI is InChI=1S/C25H32O5/c1-14-10-18-19(23(4)8-6-17(27)12-20(14)23)7-9-24(5)21(18)11-15(2)25(24,29)22(28)13-30-16(3)26/h6-8,12,14-15,18,21,29H,9-11,13H2,1-5H3/t14?,15-,18?,21?,23-,24+,25+/m1/s1. The number of allylic oxidation sites excluding steroid dienone is 6.